The third-order valence-electron chi connectivity index (χ3n) is 0.848. The highest BCUT2D eigenvalue weighted by atomic mass is 16.5. The quantitative estimate of drug-likeness (QED) is 0.554. The smallest absolute Gasteiger partial charge is 0.0877 e. The molecule has 1 N–H and O–H groups in total. The Balaban J connectivity index is 3.51. The number of hydrogen-bond acceptors (Lipinski definition) is 2. The Kier molecular flexibility index (Phi) is 3.28. The molecule has 0 radical (unpaired) electrons. The summed E-state index contributed by atoms with van der Waals surface area (Å²) in [6.45, 7) is 3.48. The fourth-order valence-corrected chi connectivity index (χ4v) is 0.408. The lowest BCUT2D eigenvalue weighted by molar-refractivity contribution is 0.153. The molecule has 0 spiro atoms. The zero-order valence-electron chi connectivity index (χ0n) is 5.51. The van der Waals surface area contributed by atoms with E-state index in [1.165, 1.54) is 0 Å². The Labute approximate surface area is 49.8 Å². The van der Waals surface area contributed by atoms with E-state index in [1.807, 2.05) is 6.92 Å². The van der Waals surface area contributed by atoms with Crippen LogP contribution in [0.15, 0.2) is 11.8 Å². The van der Waals surface area contributed by atoms with E-state index in [0.717, 1.165) is 0 Å². The highest BCUT2D eigenvalue weighted by Crippen LogP contribution is 1.93. The van der Waals surface area contributed by atoms with Crippen LogP contribution in [0, 0.1) is 0 Å². The molecule has 0 aliphatic rings. The molecule has 0 bridgehead atoms. The van der Waals surface area contributed by atoms with Gasteiger partial charge in [-0.05, 0) is 19.9 Å². The molecule has 2 heteroatoms. The lowest BCUT2D eigenvalue weighted by atomic mass is 10.3. The predicted molar refractivity (Wildman–Crippen MR) is 32.9 cm³/mol. The van der Waals surface area contributed by atoms with Gasteiger partial charge in [0.05, 0.1) is 11.9 Å². The van der Waals surface area contributed by atoms with Crippen LogP contribution in [0.1, 0.15) is 13.8 Å². The van der Waals surface area contributed by atoms with Crippen LogP contribution < -0.4 is 0 Å². The summed E-state index contributed by atoms with van der Waals surface area (Å²) in [4.78, 5) is 0. The van der Waals surface area contributed by atoms with Gasteiger partial charge < -0.3 is 9.84 Å². The molecule has 8 heavy (non-hydrogen) atoms. The lowest BCUT2D eigenvalue weighted by Crippen LogP contribution is -1.99. The van der Waals surface area contributed by atoms with Gasteiger partial charge in [-0.3, -0.25) is 0 Å². The van der Waals surface area contributed by atoms with Crippen molar-refractivity contribution in [1.29, 1.82) is 0 Å². The third kappa shape index (κ3) is 3.68. The largest absolute Gasteiger partial charge is 0.513 e. The molecule has 0 aromatic carbocycles. The standard InChI is InChI=1S/C6H12O2/c1-5(7)4-6(2)8-3/h4,6-7H,1-3H3/b5-4-. The van der Waals surface area contributed by atoms with Gasteiger partial charge >= 0.3 is 0 Å². The van der Waals surface area contributed by atoms with Crippen molar-refractivity contribution in [3.63, 3.8) is 0 Å². The number of methoxy groups -OCH3 is 1. The van der Waals surface area contributed by atoms with Crippen molar-refractivity contribution in [3.05, 3.63) is 11.8 Å². The molecule has 0 amide bonds. The Hall–Kier alpha value is -0.500. The molecule has 1 atom stereocenters. The minimum atomic E-state index is 0.0139. The van der Waals surface area contributed by atoms with E-state index in [9.17, 15) is 0 Å². The van der Waals surface area contributed by atoms with Gasteiger partial charge in [0.25, 0.3) is 0 Å². The third-order valence-corrected chi connectivity index (χ3v) is 0.848. The van der Waals surface area contributed by atoms with Crippen molar-refractivity contribution in [2.75, 3.05) is 7.11 Å². The molecule has 0 aromatic heterocycles. The number of hydrogen-bond donors (Lipinski definition) is 1. The highest BCUT2D eigenvalue weighted by Gasteiger charge is 1.91. The van der Waals surface area contributed by atoms with E-state index in [2.05, 4.69) is 0 Å². The van der Waals surface area contributed by atoms with Gasteiger partial charge in [0.1, 0.15) is 0 Å². The monoisotopic (exact) mass is 116 g/mol. The maximum absolute atomic E-state index is 8.64. The van der Waals surface area contributed by atoms with Crippen LogP contribution >= 0.6 is 0 Å². The molecule has 0 aliphatic carbocycles. The van der Waals surface area contributed by atoms with Crippen molar-refractivity contribution in [1.82, 2.24) is 0 Å². The number of rotatable bonds is 2. The van der Waals surface area contributed by atoms with Gasteiger partial charge in [0.2, 0.25) is 0 Å². The molecule has 0 saturated heterocycles. The van der Waals surface area contributed by atoms with Crippen LogP contribution in [-0.4, -0.2) is 18.3 Å². The topological polar surface area (TPSA) is 29.5 Å². The van der Waals surface area contributed by atoms with Gasteiger partial charge in [-0.25, -0.2) is 0 Å². The van der Waals surface area contributed by atoms with Gasteiger partial charge in [0.15, 0.2) is 0 Å². The molecule has 0 rings (SSSR count). The molecule has 0 heterocycles. The van der Waals surface area contributed by atoms with E-state index >= 15 is 0 Å². The summed E-state index contributed by atoms with van der Waals surface area (Å²) in [5.41, 5.74) is 0. The molecule has 1 unspecified atom stereocenters. The normalized spacial score (nSPS) is 16.1. The first-order valence-electron chi connectivity index (χ1n) is 2.57. The van der Waals surface area contributed by atoms with Crippen molar-refractivity contribution < 1.29 is 9.84 Å². The zero-order chi connectivity index (χ0) is 6.57. The van der Waals surface area contributed by atoms with Crippen LogP contribution in [-0.2, 0) is 4.74 Å². The van der Waals surface area contributed by atoms with Crippen LogP contribution in [0.2, 0.25) is 0 Å². The SMILES string of the molecule is COC(C)/C=C(/C)O. The van der Waals surface area contributed by atoms with Crippen LogP contribution in [0.25, 0.3) is 0 Å². The Morgan fingerprint density at radius 2 is 2.25 bits per heavy atom. The Morgan fingerprint density at radius 3 is 2.38 bits per heavy atom. The number of aliphatic hydroxyl groups is 1. The number of ether oxygens (including phenoxy) is 1. The van der Waals surface area contributed by atoms with E-state index in [0.29, 0.717) is 5.76 Å². The van der Waals surface area contributed by atoms with E-state index in [1.54, 1.807) is 20.1 Å². The minimum absolute atomic E-state index is 0.0139. The van der Waals surface area contributed by atoms with E-state index in [-0.39, 0.29) is 6.10 Å². The predicted octanol–water partition coefficient (Wildman–Crippen LogP) is 1.48. The fourth-order valence-electron chi connectivity index (χ4n) is 0.408. The lowest BCUT2D eigenvalue weighted by Gasteiger charge is -2.00. The molecule has 0 fully saturated rings. The summed E-state index contributed by atoms with van der Waals surface area (Å²) in [6, 6.07) is 0. The fraction of sp³-hybridized carbons (Fsp3) is 0.667. The average molecular weight is 116 g/mol. The molecule has 0 saturated carbocycles. The first-order valence-corrected chi connectivity index (χ1v) is 2.57. The second-order valence-corrected chi connectivity index (χ2v) is 1.75. The van der Waals surface area contributed by atoms with Gasteiger partial charge in [-0.1, -0.05) is 0 Å². The first-order chi connectivity index (χ1) is 3.66. The molecular formula is C6H12O2. The number of allylic oxidation sites excluding steroid dienone is 1. The summed E-state index contributed by atoms with van der Waals surface area (Å²) >= 11 is 0. The molecule has 2 nitrogen and oxygen atoms in total. The average Bonchev–Trinajstić information content (AvgIpc) is 1.65. The van der Waals surface area contributed by atoms with E-state index < -0.39 is 0 Å². The summed E-state index contributed by atoms with van der Waals surface area (Å²) in [6.07, 6.45) is 1.65. The van der Waals surface area contributed by atoms with E-state index in [4.69, 9.17) is 9.84 Å². The molecule has 0 aromatic rings. The van der Waals surface area contributed by atoms with Gasteiger partial charge in [-0.2, -0.15) is 0 Å². The maximum atomic E-state index is 8.64. The van der Waals surface area contributed by atoms with Crippen LogP contribution in [0.5, 0.6) is 0 Å². The van der Waals surface area contributed by atoms with Crippen LogP contribution in [0.3, 0.4) is 0 Å². The van der Waals surface area contributed by atoms with Crippen LogP contribution in [0.4, 0.5) is 0 Å². The summed E-state index contributed by atoms with van der Waals surface area (Å²) in [7, 11) is 1.60. The van der Waals surface area contributed by atoms with Crippen molar-refractivity contribution in [3.8, 4) is 0 Å². The molecule has 48 valence electrons. The molecular weight excluding hydrogens is 104 g/mol. The van der Waals surface area contributed by atoms with Gasteiger partial charge in [0, 0.05) is 7.11 Å². The summed E-state index contributed by atoms with van der Waals surface area (Å²) < 4.78 is 4.82. The Morgan fingerprint density at radius 1 is 1.75 bits per heavy atom. The number of aliphatic hydroxyl groups excluding tert-OH is 1. The van der Waals surface area contributed by atoms with Crippen molar-refractivity contribution >= 4 is 0 Å². The van der Waals surface area contributed by atoms with Crippen molar-refractivity contribution in [2.24, 2.45) is 0 Å². The second-order valence-electron chi connectivity index (χ2n) is 1.75. The minimum Gasteiger partial charge on any atom is -0.513 e. The van der Waals surface area contributed by atoms with Crippen molar-refractivity contribution in [2.45, 2.75) is 20.0 Å². The summed E-state index contributed by atoms with van der Waals surface area (Å²) in [5, 5.41) is 8.64. The molecule has 0 aliphatic heterocycles. The maximum Gasteiger partial charge on any atom is 0.0877 e. The van der Waals surface area contributed by atoms with Gasteiger partial charge in [-0.15, -0.1) is 0 Å². The zero-order valence-corrected chi connectivity index (χ0v) is 5.51. The first kappa shape index (κ1) is 7.50. The second kappa shape index (κ2) is 3.50. The highest BCUT2D eigenvalue weighted by molar-refractivity contribution is 4.90. The summed E-state index contributed by atoms with van der Waals surface area (Å²) in [5.74, 6) is 0.305. The Bertz CT molecular complexity index is 82.5.